The van der Waals surface area contributed by atoms with Crippen molar-refractivity contribution in [1.82, 2.24) is 5.32 Å². The highest BCUT2D eigenvalue weighted by Crippen LogP contribution is 2.31. The molecule has 1 rings (SSSR count). The quantitative estimate of drug-likeness (QED) is 0.681. The molecule has 0 aliphatic heterocycles. The molecule has 0 aromatic rings. The lowest BCUT2D eigenvalue weighted by molar-refractivity contribution is -0.143. The van der Waals surface area contributed by atoms with Crippen LogP contribution < -0.4 is 5.32 Å². The number of carbonyl (C=O) groups excluding carboxylic acids is 1. The van der Waals surface area contributed by atoms with Crippen LogP contribution in [0.2, 0.25) is 0 Å². The number of nitrogens with one attached hydrogen (secondary N) is 1. The van der Waals surface area contributed by atoms with E-state index in [1.54, 1.807) is 0 Å². The fourth-order valence-corrected chi connectivity index (χ4v) is 3.14. The van der Waals surface area contributed by atoms with Gasteiger partial charge in [0.05, 0.1) is 5.60 Å². The number of carbonyl (C=O) groups is 2. The second-order valence-electron chi connectivity index (χ2n) is 7.64. The number of hydrogen-bond donors (Lipinski definition) is 2. The van der Waals surface area contributed by atoms with E-state index >= 15 is 0 Å². The summed E-state index contributed by atoms with van der Waals surface area (Å²) in [6, 6.07) is -0.873. The molecule has 0 spiro atoms. The van der Waals surface area contributed by atoms with Gasteiger partial charge in [-0.05, 0) is 39.5 Å². The van der Waals surface area contributed by atoms with E-state index in [4.69, 9.17) is 4.74 Å². The molecule has 1 aliphatic carbocycles. The Morgan fingerprint density at radius 2 is 1.87 bits per heavy atom. The molecular weight excluding hydrogens is 294 g/mol. The van der Waals surface area contributed by atoms with Gasteiger partial charge in [0.1, 0.15) is 6.04 Å². The lowest BCUT2D eigenvalue weighted by Crippen LogP contribution is -2.44. The van der Waals surface area contributed by atoms with Crippen molar-refractivity contribution in [2.75, 3.05) is 6.61 Å². The zero-order valence-electron chi connectivity index (χ0n) is 15.1. The molecule has 2 unspecified atom stereocenters. The number of aliphatic carboxylic acids is 1. The highest BCUT2D eigenvalue weighted by atomic mass is 16.5. The molecule has 0 radical (unpaired) electrons. The van der Waals surface area contributed by atoms with Crippen LogP contribution in [0.4, 0.5) is 0 Å². The predicted octanol–water partition coefficient (Wildman–Crippen LogP) is 3.37. The van der Waals surface area contributed by atoms with Crippen LogP contribution in [-0.2, 0) is 14.3 Å². The Labute approximate surface area is 140 Å². The Morgan fingerprint density at radius 1 is 1.26 bits per heavy atom. The maximum absolute atomic E-state index is 12.4. The van der Waals surface area contributed by atoms with Crippen LogP contribution in [0.25, 0.3) is 0 Å². The topological polar surface area (TPSA) is 75.6 Å². The summed E-state index contributed by atoms with van der Waals surface area (Å²) in [5, 5.41) is 12.0. The van der Waals surface area contributed by atoms with Crippen molar-refractivity contribution in [2.45, 2.75) is 84.3 Å². The van der Waals surface area contributed by atoms with Gasteiger partial charge in [0.2, 0.25) is 5.91 Å². The van der Waals surface area contributed by atoms with Crippen molar-refractivity contribution in [3.63, 3.8) is 0 Å². The zero-order chi connectivity index (χ0) is 17.5. The summed E-state index contributed by atoms with van der Waals surface area (Å²) in [5.41, 5.74) is -0.304. The number of ether oxygens (including phenoxy) is 1. The minimum absolute atomic E-state index is 0.0801. The van der Waals surface area contributed by atoms with E-state index in [-0.39, 0.29) is 23.8 Å². The van der Waals surface area contributed by atoms with Gasteiger partial charge in [-0.2, -0.15) is 0 Å². The maximum atomic E-state index is 12.4. The summed E-state index contributed by atoms with van der Waals surface area (Å²) in [4.78, 5) is 23.8. The molecule has 0 bridgehead atoms. The smallest absolute Gasteiger partial charge is 0.326 e. The third kappa shape index (κ3) is 7.82. The van der Waals surface area contributed by atoms with Crippen LogP contribution in [0.5, 0.6) is 0 Å². The molecule has 5 heteroatoms. The number of amides is 1. The summed E-state index contributed by atoms with van der Waals surface area (Å²) in [7, 11) is 0. The van der Waals surface area contributed by atoms with Crippen LogP contribution in [0, 0.1) is 11.8 Å². The van der Waals surface area contributed by atoms with Crippen LogP contribution in [0.1, 0.15) is 72.6 Å². The van der Waals surface area contributed by atoms with Gasteiger partial charge in [-0.1, -0.05) is 32.6 Å². The van der Waals surface area contributed by atoms with E-state index in [1.165, 1.54) is 25.7 Å². The van der Waals surface area contributed by atoms with Crippen LogP contribution in [0.15, 0.2) is 0 Å². The molecule has 5 nitrogen and oxygen atoms in total. The van der Waals surface area contributed by atoms with Gasteiger partial charge in [0.15, 0.2) is 0 Å². The van der Waals surface area contributed by atoms with E-state index in [0.29, 0.717) is 12.5 Å². The number of carboxylic acid groups (broad SMARTS) is 1. The molecular formula is C18H33NO4. The molecule has 23 heavy (non-hydrogen) atoms. The maximum Gasteiger partial charge on any atom is 0.326 e. The van der Waals surface area contributed by atoms with Crippen LogP contribution in [0.3, 0.4) is 0 Å². The normalized spacial score (nSPS) is 18.6. The largest absolute Gasteiger partial charge is 0.480 e. The molecule has 0 saturated heterocycles. The summed E-state index contributed by atoms with van der Waals surface area (Å²) in [6.07, 6.45) is 6.84. The van der Waals surface area contributed by atoms with E-state index in [1.807, 2.05) is 27.7 Å². The Kier molecular flexibility index (Phi) is 8.03. The van der Waals surface area contributed by atoms with Crippen molar-refractivity contribution >= 4 is 11.9 Å². The van der Waals surface area contributed by atoms with Gasteiger partial charge in [-0.15, -0.1) is 0 Å². The Bertz CT molecular complexity index is 383. The third-order valence-electron chi connectivity index (χ3n) is 4.51. The molecule has 1 saturated carbocycles. The van der Waals surface area contributed by atoms with Gasteiger partial charge in [-0.3, -0.25) is 4.79 Å². The molecule has 2 N–H and O–H groups in total. The van der Waals surface area contributed by atoms with E-state index < -0.39 is 12.0 Å². The molecule has 134 valence electrons. The minimum atomic E-state index is -0.994. The van der Waals surface area contributed by atoms with Crippen molar-refractivity contribution in [2.24, 2.45) is 11.8 Å². The van der Waals surface area contributed by atoms with Crippen molar-refractivity contribution in [1.29, 1.82) is 0 Å². The first-order chi connectivity index (χ1) is 10.7. The number of rotatable bonds is 9. The lowest BCUT2D eigenvalue weighted by atomic mass is 9.90. The second kappa shape index (κ2) is 9.26. The monoisotopic (exact) mass is 327 g/mol. The fraction of sp³-hybridized carbons (Fsp3) is 0.889. The number of hydrogen-bond acceptors (Lipinski definition) is 3. The summed E-state index contributed by atoms with van der Waals surface area (Å²) in [6.45, 7) is 8.10. The van der Waals surface area contributed by atoms with Crippen molar-refractivity contribution in [3.05, 3.63) is 0 Å². The summed E-state index contributed by atoms with van der Waals surface area (Å²) < 4.78 is 5.57. The van der Waals surface area contributed by atoms with Gasteiger partial charge in [0.25, 0.3) is 0 Å². The Hall–Kier alpha value is -1.10. The second-order valence-corrected chi connectivity index (χ2v) is 7.64. The minimum Gasteiger partial charge on any atom is -0.480 e. The predicted molar refractivity (Wildman–Crippen MR) is 90.2 cm³/mol. The Balaban J connectivity index is 2.48. The average molecular weight is 327 g/mol. The fourth-order valence-electron chi connectivity index (χ4n) is 3.14. The first kappa shape index (κ1) is 19.9. The Morgan fingerprint density at radius 3 is 2.35 bits per heavy atom. The van der Waals surface area contributed by atoms with Gasteiger partial charge in [-0.25, -0.2) is 4.79 Å². The zero-order valence-corrected chi connectivity index (χ0v) is 15.1. The van der Waals surface area contributed by atoms with Gasteiger partial charge >= 0.3 is 5.97 Å². The van der Waals surface area contributed by atoms with Crippen LogP contribution in [-0.4, -0.2) is 35.2 Å². The first-order valence-corrected chi connectivity index (χ1v) is 8.90. The highest BCUT2D eigenvalue weighted by Gasteiger charge is 2.27. The van der Waals surface area contributed by atoms with E-state index in [0.717, 1.165) is 12.8 Å². The standard InChI is InChI=1S/C18H33NO4/c1-5-14(12-13-8-6-7-9-13)16(20)19-15(17(21)22)10-11-23-18(2,3)4/h13-15H,5-12H2,1-4H3,(H,19,20)(H,21,22). The molecule has 1 amide bonds. The summed E-state index contributed by atoms with van der Waals surface area (Å²) in [5.74, 6) is -0.573. The number of carboxylic acids is 1. The van der Waals surface area contributed by atoms with E-state index in [2.05, 4.69) is 5.32 Å². The SMILES string of the molecule is CCC(CC1CCCC1)C(=O)NC(CCOC(C)(C)C)C(=O)O. The average Bonchev–Trinajstić information content (AvgIpc) is 2.94. The molecule has 0 heterocycles. The van der Waals surface area contributed by atoms with Gasteiger partial charge in [0, 0.05) is 18.9 Å². The van der Waals surface area contributed by atoms with Gasteiger partial charge < -0.3 is 15.2 Å². The van der Waals surface area contributed by atoms with Crippen molar-refractivity contribution < 1.29 is 19.4 Å². The molecule has 0 aromatic heterocycles. The molecule has 1 aliphatic rings. The lowest BCUT2D eigenvalue weighted by Gasteiger charge is -2.23. The van der Waals surface area contributed by atoms with E-state index in [9.17, 15) is 14.7 Å². The third-order valence-corrected chi connectivity index (χ3v) is 4.51. The first-order valence-electron chi connectivity index (χ1n) is 8.90. The van der Waals surface area contributed by atoms with Crippen molar-refractivity contribution in [3.8, 4) is 0 Å². The van der Waals surface area contributed by atoms with Crippen LogP contribution >= 0.6 is 0 Å². The molecule has 1 fully saturated rings. The molecule has 2 atom stereocenters. The molecule has 0 aromatic carbocycles. The summed E-state index contributed by atoms with van der Waals surface area (Å²) >= 11 is 0. The highest BCUT2D eigenvalue weighted by molar-refractivity contribution is 5.84.